The van der Waals surface area contributed by atoms with Crippen molar-refractivity contribution in [3.05, 3.63) is 41.9 Å². The molecule has 1 aromatic carbocycles. The summed E-state index contributed by atoms with van der Waals surface area (Å²) in [5, 5.41) is 2.96. The number of carbonyl (C=O) groups is 1. The van der Waals surface area contributed by atoms with E-state index in [9.17, 15) is 9.00 Å². The molecule has 1 unspecified atom stereocenters. The van der Waals surface area contributed by atoms with Gasteiger partial charge < -0.3 is 10.2 Å². The van der Waals surface area contributed by atoms with E-state index >= 15 is 0 Å². The Morgan fingerprint density at radius 3 is 2.48 bits per heavy atom. The molecule has 7 nitrogen and oxygen atoms in total. The van der Waals surface area contributed by atoms with Crippen LogP contribution in [-0.4, -0.2) is 56.9 Å². The number of anilines is 2. The number of rotatable bonds is 8. The quantitative estimate of drug-likeness (QED) is 0.588. The lowest BCUT2D eigenvalue weighted by molar-refractivity contribution is 0.102. The highest BCUT2D eigenvalue weighted by molar-refractivity contribution is 7.98. The molecule has 1 aromatic heterocycles. The first-order chi connectivity index (χ1) is 15.8. The fourth-order valence-electron chi connectivity index (χ4n) is 4.40. The normalized spacial score (nSPS) is 18.7. The highest BCUT2D eigenvalue weighted by Crippen LogP contribution is 2.34. The third kappa shape index (κ3) is 5.55. The van der Waals surface area contributed by atoms with E-state index in [4.69, 9.17) is 0 Å². The van der Waals surface area contributed by atoms with Gasteiger partial charge in [0.1, 0.15) is 17.8 Å². The molecule has 2 aliphatic carbocycles. The second-order valence-corrected chi connectivity index (χ2v) is 12.0. The molecule has 4 rings (SSSR count). The number of hydrogen-bond acceptors (Lipinski definition) is 5. The minimum Gasteiger partial charge on any atom is -0.353 e. The molecule has 0 spiro atoms. The third-order valence-electron chi connectivity index (χ3n) is 6.75. The van der Waals surface area contributed by atoms with E-state index in [1.54, 1.807) is 30.5 Å². The van der Waals surface area contributed by atoms with Crippen molar-refractivity contribution in [2.45, 2.75) is 62.8 Å². The molecule has 2 aliphatic rings. The van der Waals surface area contributed by atoms with Gasteiger partial charge in [0.2, 0.25) is 0 Å². The van der Waals surface area contributed by atoms with Crippen molar-refractivity contribution in [2.75, 3.05) is 30.9 Å². The van der Waals surface area contributed by atoms with Crippen LogP contribution < -0.4 is 10.2 Å². The van der Waals surface area contributed by atoms with E-state index in [0.717, 1.165) is 23.8 Å². The molecule has 0 aliphatic heterocycles. The summed E-state index contributed by atoms with van der Waals surface area (Å²) in [6.45, 7) is 2.90. The zero-order chi connectivity index (χ0) is 23.6. The zero-order valence-corrected chi connectivity index (χ0v) is 20.7. The molecule has 1 N–H and O–H groups in total. The van der Waals surface area contributed by atoms with Crippen LogP contribution in [0, 0.1) is 12.8 Å². The molecule has 2 aromatic rings. The van der Waals surface area contributed by atoms with Crippen LogP contribution in [0.4, 0.5) is 11.5 Å². The fraction of sp³-hybridized carbons (Fsp3) is 0.520. The van der Waals surface area contributed by atoms with E-state index in [1.807, 2.05) is 19.1 Å². The molecule has 2 fully saturated rings. The van der Waals surface area contributed by atoms with Gasteiger partial charge in [-0.05, 0) is 82.3 Å². The first kappa shape index (κ1) is 23.7. The summed E-state index contributed by atoms with van der Waals surface area (Å²) in [6.07, 6.45) is 10.3. The molecule has 0 saturated heterocycles. The number of carbonyl (C=O) groups excluding carboxylic acids is 1. The van der Waals surface area contributed by atoms with Crippen LogP contribution in [-0.2, 0) is 9.71 Å². The van der Waals surface area contributed by atoms with E-state index in [2.05, 4.69) is 26.1 Å². The summed E-state index contributed by atoms with van der Waals surface area (Å²) in [4.78, 5) is 24.9. The van der Waals surface area contributed by atoms with E-state index < -0.39 is 9.71 Å². The number of nitrogens with zero attached hydrogens (tertiary/aromatic N) is 4. The van der Waals surface area contributed by atoms with Gasteiger partial charge in [-0.25, -0.2) is 18.5 Å². The largest absolute Gasteiger partial charge is 0.353 e. The van der Waals surface area contributed by atoms with Crippen molar-refractivity contribution >= 4 is 33.0 Å². The standard InChI is InChI=1S/C25H35N5O2S/c1-18-14-21(33(4,32)29(2)3)12-13-22(18)28-25(31)23-15-24(27-17-26-23)30(16-19-10-11-19)20-8-6-5-7-9-20/h12-15,17,19-20H,4-11,16H2,1-3H3,(H,28,31). The van der Waals surface area contributed by atoms with Crippen LogP contribution in [0.15, 0.2) is 35.5 Å². The van der Waals surface area contributed by atoms with Gasteiger partial charge >= 0.3 is 0 Å². The van der Waals surface area contributed by atoms with Crippen molar-refractivity contribution in [2.24, 2.45) is 5.92 Å². The Kier molecular flexibility index (Phi) is 7.05. The maximum absolute atomic E-state index is 13.0. The van der Waals surface area contributed by atoms with E-state index in [0.29, 0.717) is 22.3 Å². The van der Waals surface area contributed by atoms with Gasteiger partial charge in [0.15, 0.2) is 0 Å². The zero-order valence-electron chi connectivity index (χ0n) is 19.9. The molecule has 1 atom stereocenters. The average Bonchev–Trinajstić information content (AvgIpc) is 3.63. The highest BCUT2D eigenvalue weighted by Gasteiger charge is 2.30. The van der Waals surface area contributed by atoms with Gasteiger partial charge in [-0.2, -0.15) is 0 Å². The van der Waals surface area contributed by atoms with Crippen molar-refractivity contribution in [3.8, 4) is 0 Å². The third-order valence-corrected chi connectivity index (χ3v) is 8.92. The van der Waals surface area contributed by atoms with Crippen LogP contribution in [0.3, 0.4) is 0 Å². The second kappa shape index (κ2) is 9.81. The molecular formula is C25H35N5O2S. The summed E-state index contributed by atoms with van der Waals surface area (Å²) in [5.41, 5.74) is 1.85. The molecule has 1 heterocycles. The maximum atomic E-state index is 13.0. The summed E-state index contributed by atoms with van der Waals surface area (Å²) < 4.78 is 14.4. The minimum atomic E-state index is -2.53. The summed E-state index contributed by atoms with van der Waals surface area (Å²) in [7, 11) is 0.953. The van der Waals surface area contributed by atoms with Crippen LogP contribution in [0.5, 0.6) is 0 Å². The first-order valence-corrected chi connectivity index (χ1v) is 13.5. The van der Waals surface area contributed by atoms with Crippen molar-refractivity contribution in [1.29, 1.82) is 0 Å². The van der Waals surface area contributed by atoms with Gasteiger partial charge in [0.25, 0.3) is 5.91 Å². The Bertz CT molecular complexity index is 1110. The van der Waals surface area contributed by atoms with Crippen molar-refractivity contribution in [3.63, 3.8) is 0 Å². The Hall–Kier alpha value is -2.45. The van der Waals surface area contributed by atoms with Gasteiger partial charge in [0.05, 0.1) is 9.71 Å². The van der Waals surface area contributed by atoms with Gasteiger partial charge in [-0.15, -0.1) is 0 Å². The summed E-state index contributed by atoms with van der Waals surface area (Å²) in [6, 6.07) is 7.67. The summed E-state index contributed by atoms with van der Waals surface area (Å²) >= 11 is 0. The smallest absolute Gasteiger partial charge is 0.274 e. The van der Waals surface area contributed by atoms with Crippen LogP contribution >= 0.6 is 0 Å². The molecule has 8 heteroatoms. The van der Waals surface area contributed by atoms with E-state index in [-0.39, 0.29) is 5.91 Å². The van der Waals surface area contributed by atoms with Crippen molar-refractivity contribution < 1.29 is 9.00 Å². The molecule has 2 saturated carbocycles. The number of amides is 1. The van der Waals surface area contributed by atoms with Crippen LogP contribution in [0.25, 0.3) is 0 Å². The number of nitrogens with one attached hydrogen (secondary N) is 1. The first-order valence-electron chi connectivity index (χ1n) is 11.8. The lowest BCUT2D eigenvalue weighted by Gasteiger charge is -2.35. The monoisotopic (exact) mass is 469 g/mol. The summed E-state index contributed by atoms with van der Waals surface area (Å²) in [5.74, 6) is 5.17. The average molecular weight is 470 g/mol. The molecule has 178 valence electrons. The number of aryl methyl sites for hydroxylation is 1. The Balaban J connectivity index is 1.52. The Morgan fingerprint density at radius 1 is 1.12 bits per heavy atom. The predicted octanol–water partition coefficient (Wildman–Crippen LogP) is 4.14. The van der Waals surface area contributed by atoms with Crippen LogP contribution in [0.2, 0.25) is 0 Å². The molecule has 0 bridgehead atoms. The van der Waals surface area contributed by atoms with Crippen LogP contribution in [0.1, 0.15) is 61.0 Å². The lowest BCUT2D eigenvalue weighted by atomic mass is 9.94. The highest BCUT2D eigenvalue weighted by atomic mass is 32.2. The second-order valence-electron chi connectivity index (χ2n) is 9.53. The minimum absolute atomic E-state index is 0.271. The lowest BCUT2D eigenvalue weighted by Crippen LogP contribution is -2.39. The topological polar surface area (TPSA) is 78.4 Å². The molecule has 1 amide bonds. The number of hydrogen-bond donors (Lipinski definition) is 1. The SMILES string of the molecule is C=S(=O)(c1ccc(NC(=O)c2cc(N(CC3CC3)C3CCCCC3)ncn2)c(C)c1)N(C)C. The fourth-order valence-corrected chi connectivity index (χ4v) is 5.46. The molecule has 0 radical (unpaired) electrons. The van der Waals surface area contributed by atoms with E-state index in [1.165, 1.54) is 51.3 Å². The van der Waals surface area contributed by atoms with Gasteiger partial charge in [-0.1, -0.05) is 19.3 Å². The Morgan fingerprint density at radius 2 is 1.85 bits per heavy atom. The molecular weight excluding hydrogens is 434 g/mol. The van der Waals surface area contributed by atoms with Crippen molar-refractivity contribution in [1.82, 2.24) is 14.3 Å². The van der Waals surface area contributed by atoms with Gasteiger partial charge in [0, 0.05) is 29.2 Å². The Labute approximate surface area is 197 Å². The number of benzene rings is 1. The predicted molar refractivity (Wildman–Crippen MR) is 135 cm³/mol. The molecule has 33 heavy (non-hydrogen) atoms. The van der Waals surface area contributed by atoms with Gasteiger partial charge in [-0.3, -0.25) is 4.79 Å². The number of aromatic nitrogens is 2. The maximum Gasteiger partial charge on any atom is 0.274 e.